The van der Waals surface area contributed by atoms with Gasteiger partial charge in [-0.3, -0.25) is 23.2 Å². The zero-order valence-corrected chi connectivity index (χ0v) is 49.0. The molecule has 434 valence electrons. The maximum absolute atomic E-state index is 14.2. The smallest absolute Gasteiger partial charge is 0.471 e. The summed E-state index contributed by atoms with van der Waals surface area (Å²) >= 11 is 0. The summed E-state index contributed by atoms with van der Waals surface area (Å²) in [7, 11) is -0.992. The summed E-state index contributed by atoms with van der Waals surface area (Å²) in [5.74, 6) is 30.4. The number of carbonyl (C=O) groups excluding carboxylic acids is 2. The molecular formula is C63H88NO14P. The van der Waals surface area contributed by atoms with Crippen molar-refractivity contribution in [2.45, 2.75) is 199 Å². The fraction of sp³-hybridized carbons (Fsp3) is 0.651. The first-order valence-corrected chi connectivity index (χ1v) is 29.4. The summed E-state index contributed by atoms with van der Waals surface area (Å²) in [6.45, 7) is 18.0. The van der Waals surface area contributed by atoms with E-state index >= 15 is 0 Å². The van der Waals surface area contributed by atoms with E-state index < -0.39 is 81.0 Å². The maximum atomic E-state index is 14.2. The van der Waals surface area contributed by atoms with Gasteiger partial charge >= 0.3 is 7.82 Å². The molecule has 11 atom stereocenters. The molecule has 1 unspecified atom stereocenters. The number of ketones is 1. The Morgan fingerprint density at radius 1 is 0.671 bits per heavy atom. The van der Waals surface area contributed by atoms with Crippen molar-refractivity contribution < 1.29 is 65.6 Å². The van der Waals surface area contributed by atoms with Gasteiger partial charge < -0.3 is 43.2 Å². The van der Waals surface area contributed by atoms with Crippen LogP contribution in [0.3, 0.4) is 0 Å². The molecule has 0 aromatic heterocycles. The lowest BCUT2D eigenvalue weighted by Gasteiger charge is -2.47. The van der Waals surface area contributed by atoms with Crippen LogP contribution in [0.5, 0.6) is 0 Å². The predicted octanol–water partition coefficient (Wildman–Crippen LogP) is 9.98. The highest BCUT2D eigenvalue weighted by Gasteiger charge is 2.51. The van der Waals surface area contributed by atoms with E-state index in [0.717, 1.165) is 44.9 Å². The van der Waals surface area contributed by atoms with Gasteiger partial charge in [0, 0.05) is 39.3 Å². The zero-order chi connectivity index (χ0) is 57.8. The number of ether oxygens (including phenoxy) is 8. The number of amides is 1. The highest BCUT2D eigenvalue weighted by Crippen LogP contribution is 2.53. The van der Waals surface area contributed by atoms with Crippen molar-refractivity contribution in [3.8, 4) is 83.4 Å². The second-order valence-corrected chi connectivity index (χ2v) is 20.7. The Labute approximate surface area is 474 Å². The van der Waals surface area contributed by atoms with Gasteiger partial charge in [0.15, 0.2) is 12.1 Å². The number of nitrogens with one attached hydrogen (secondary N) is 1. The van der Waals surface area contributed by atoms with Crippen molar-refractivity contribution in [2.75, 3.05) is 53.9 Å². The largest absolute Gasteiger partial charge is 0.475 e. The molecule has 2 rings (SSSR count). The molecule has 2 saturated heterocycles. The van der Waals surface area contributed by atoms with Gasteiger partial charge in [0.2, 0.25) is 12.2 Å². The quantitative estimate of drug-likeness (QED) is 0.0154. The first kappa shape index (κ1) is 70.0. The van der Waals surface area contributed by atoms with Crippen LogP contribution in [0, 0.1) is 95.2 Å². The molecule has 2 heterocycles. The van der Waals surface area contributed by atoms with Crippen LogP contribution in [0.25, 0.3) is 0 Å². The summed E-state index contributed by atoms with van der Waals surface area (Å²) in [6, 6.07) is -0.821. The van der Waals surface area contributed by atoms with Gasteiger partial charge in [-0.25, -0.2) is 4.57 Å². The SMILES string of the molecule is C#CC#CC#CC#CC#CC#CC#CCC(=O)CC(=O)NC1[C@@H](O/C=C\C)O[C@H](CO[C@@H]2O[C@H](COC)[C@@H](OP(=O)(OCC=C)OCC=C)[C@H](OCC[C@@H](CCCCCCC)OC)[C@H]2C)[C@@H](C)[C@@H]1OCCCCCCCCCC. The van der Waals surface area contributed by atoms with Crippen molar-refractivity contribution in [3.05, 3.63) is 37.6 Å². The lowest BCUT2D eigenvalue weighted by molar-refractivity contribution is -0.306. The van der Waals surface area contributed by atoms with E-state index in [0.29, 0.717) is 19.6 Å². The number of unbranched alkanes of at least 4 members (excludes halogenated alkanes) is 11. The second-order valence-electron chi connectivity index (χ2n) is 19.1. The van der Waals surface area contributed by atoms with Gasteiger partial charge in [-0.2, -0.15) is 0 Å². The van der Waals surface area contributed by atoms with Gasteiger partial charge in [-0.1, -0.05) is 129 Å². The fourth-order valence-corrected chi connectivity index (χ4v) is 10.0. The van der Waals surface area contributed by atoms with Crippen LogP contribution in [0.15, 0.2) is 37.6 Å². The molecule has 1 N–H and O–H groups in total. The van der Waals surface area contributed by atoms with Gasteiger partial charge in [0.05, 0.1) is 69.9 Å². The molecule has 16 heteroatoms. The molecule has 2 aliphatic rings. The molecule has 15 nitrogen and oxygen atoms in total. The van der Waals surface area contributed by atoms with Crippen LogP contribution in [0.1, 0.15) is 144 Å². The number of hydrogen-bond donors (Lipinski definition) is 1. The summed E-state index contributed by atoms with van der Waals surface area (Å²) < 4.78 is 82.8. The Kier molecular flexibility index (Phi) is 39.6. The standard InChI is InChI=1S/C63H88NO14P/c1-11-17-20-23-25-27-28-29-30-31-32-35-37-40-53(65)48-57(66)64-58-59(70-46-39-36-33-26-24-21-18-12-2)51(7)55(76-63(58)72-43-14-4)50-73-62-52(8)60(71-47-42-54(69-10)41-38-34-22-19-13-3)61(56(77-62)49-68-9)78-79(67,74-44-15-5)75-45-16-6/h1,14-16,43,51-52,54-56,58-63H,5-6,12-13,18-19,21-22,24,26,33-34,36,38-42,44-50H2,2-4,7-10H3,(H,64,66)/b43-14-/t51-,52-,54-,55-,56-,58?,59+,60-,61-,62-,63+/m1/s1. The number of rotatable bonds is 40. The van der Waals surface area contributed by atoms with E-state index in [1.807, 2.05) is 13.8 Å². The number of Topliss-reactive ketones (excluding diaryl/α,β-unsaturated/α-hetero) is 1. The van der Waals surface area contributed by atoms with Crippen molar-refractivity contribution in [1.82, 2.24) is 5.32 Å². The maximum Gasteiger partial charge on any atom is 0.475 e. The Balaban J connectivity index is 2.41. The molecule has 2 fully saturated rings. The van der Waals surface area contributed by atoms with Crippen LogP contribution in [0.4, 0.5) is 0 Å². The van der Waals surface area contributed by atoms with E-state index in [1.54, 1.807) is 20.1 Å². The molecule has 79 heavy (non-hydrogen) atoms. The molecule has 0 radical (unpaired) electrons. The van der Waals surface area contributed by atoms with Gasteiger partial charge in [0.25, 0.3) is 0 Å². The Bertz CT molecular complexity index is 2300. The number of terminal acetylenes is 1. The molecule has 0 aliphatic carbocycles. The third kappa shape index (κ3) is 29.8. The van der Waals surface area contributed by atoms with E-state index in [9.17, 15) is 14.2 Å². The average Bonchev–Trinajstić information content (AvgIpc) is 3.49. The highest BCUT2D eigenvalue weighted by molar-refractivity contribution is 7.48. The molecule has 0 saturated carbocycles. The van der Waals surface area contributed by atoms with E-state index in [2.05, 4.69) is 109 Å². The van der Waals surface area contributed by atoms with E-state index in [1.165, 1.54) is 70.5 Å². The van der Waals surface area contributed by atoms with Crippen molar-refractivity contribution in [1.29, 1.82) is 0 Å². The van der Waals surface area contributed by atoms with Crippen LogP contribution in [-0.4, -0.2) is 121 Å². The van der Waals surface area contributed by atoms with Crippen molar-refractivity contribution in [2.24, 2.45) is 11.8 Å². The third-order valence-electron chi connectivity index (χ3n) is 12.8. The highest BCUT2D eigenvalue weighted by atomic mass is 31.2. The number of hydrogen-bond acceptors (Lipinski definition) is 14. The number of methoxy groups -OCH3 is 2. The summed E-state index contributed by atoms with van der Waals surface area (Å²) in [5, 5.41) is 3.00. The van der Waals surface area contributed by atoms with Crippen molar-refractivity contribution >= 4 is 19.5 Å². The normalized spacial score (nSPS) is 22.6. The predicted molar refractivity (Wildman–Crippen MR) is 307 cm³/mol. The fourth-order valence-electron chi connectivity index (χ4n) is 8.70. The second kappa shape index (κ2) is 44.6. The average molecular weight is 1110 g/mol. The van der Waals surface area contributed by atoms with Gasteiger partial charge in [-0.15, -0.1) is 19.6 Å². The van der Waals surface area contributed by atoms with Crippen LogP contribution < -0.4 is 5.32 Å². The third-order valence-corrected chi connectivity index (χ3v) is 14.3. The molecule has 0 aromatic carbocycles. The first-order chi connectivity index (χ1) is 38.5. The molecule has 2 aliphatic heterocycles. The number of phosphoric acid groups is 1. The van der Waals surface area contributed by atoms with Gasteiger partial charge in [-0.05, 0) is 97.2 Å². The zero-order valence-electron chi connectivity index (χ0n) is 48.1. The monoisotopic (exact) mass is 1110 g/mol. The Hall–Kier alpha value is -5.09. The lowest BCUT2D eigenvalue weighted by atomic mass is 9.88. The number of phosphoric ester groups is 1. The first-order valence-electron chi connectivity index (χ1n) is 27.9. The molecule has 0 bridgehead atoms. The Morgan fingerprint density at radius 2 is 1.24 bits per heavy atom. The molecular weight excluding hydrogens is 1030 g/mol. The molecule has 0 spiro atoms. The summed E-state index contributed by atoms with van der Waals surface area (Å²) in [6.07, 6.45) is 20.7. The van der Waals surface area contributed by atoms with Crippen LogP contribution >= 0.6 is 7.82 Å². The number of carbonyl (C=O) groups is 2. The number of allylic oxidation sites excluding steroid dienone is 1. The topological polar surface area (TPSA) is 165 Å². The van der Waals surface area contributed by atoms with Crippen LogP contribution in [-0.2, 0) is 65.6 Å². The minimum Gasteiger partial charge on any atom is -0.471 e. The lowest BCUT2D eigenvalue weighted by Crippen LogP contribution is -2.63. The van der Waals surface area contributed by atoms with Crippen LogP contribution in [0.2, 0.25) is 0 Å². The van der Waals surface area contributed by atoms with Crippen molar-refractivity contribution in [3.63, 3.8) is 0 Å². The van der Waals surface area contributed by atoms with E-state index in [-0.39, 0.29) is 44.9 Å². The minimum atomic E-state index is -4.23. The minimum absolute atomic E-state index is 0.00629. The van der Waals surface area contributed by atoms with Gasteiger partial charge in [0.1, 0.15) is 18.2 Å². The summed E-state index contributed by atoms with van der Waals surface area (Å²) in [5.41, 5.74) is 0. The summed E-state index contributed by atoms with van der Waals surface area (Å²) in [4.78, 5) is 26.7. The Morgan fingerprint density at radius 3 is 1.82 bits per heavy atom. The molecule has 0 aromatic rings. The molecule has 1 amide bonds. The van der Waals surface area contributed by atoms with E-state index in [4.69, 9.17) is 57.9 Å².